The first kappa shape index (κ1) is 13.2. The molecule has 4 atom stereocenters. The normalized spacial score (nSPS) is 38.8. The van der Waals surface area contributed by atoms with Gasteiger partial charge in [0.15, 0.2) is 0 Å². The van der Waals surface area contributed by atoms with Crippen LogP contribution in [0.4, 0.5) is 0 Å². The van der Waals surface area contributed by atoms with Crippen LogP contribution < -0.4 is 5.32 Å². The van der Waals surface area contributed by atoms with Crippen LogP contribution in [0.25, 0.3) is 10.9 Å². The molecular weight excluding hydrogens is 268 g/mol. The highest BCUT2D eigenvalue weighted by Crippen LogP contribution is 2.57. The van der Waals surface area contributed by atoms with Crippen LogP contribution in [0.3, 0.4) is 0 Å². The van der Waals surface area contributed by atoms with Crippen molar-refractivity contribution in [2.24, 2.45) is 11.8 Å². The number of rotatable bonds is 0. The standard InChI is InChI=1S/C20H26N2/c1-19(2)12-8-9-20(3)14(10-12)16(22-19)11-17-18(20)13-6-4-5-7-15(13)21-17/h4-7,12,14,16,21-22H,8-11H2,1-3H3/t12-,14+,16+,20+/m0/s1. The predicted molar refractivity (Wildman–Crippen MR) is 91.2 cm³/mol. The van der Waals surface area contributed by atoms with Gasteiger partial charge in [-0.05, 0) is 62.0 Å². The first-order valence-electron chi connectivity index (χ1n) is 8.87. The van der Waals surface area contributed by atoms with Crippen molar-refractivity contribution in [3.8, 4) is 0 Å². The summed E-state index contributed by atoms with van der Waals surface area (Å²) in [6.07, 6.45) is 5.28. The van der Waals surface area contributed by atoms with Crippen molar-refractivity contribution in [2.75, 3.05) is 0 Å². The van der Waals surface area contributed by atoms with Gasteiger partial charge in [-0.2, -0.15) is 0 Å². The Hall–Kier alpha value is -1.28. The number of para-hydroxylation sites is 1. The average molecular weight is 294 g/mol. The molecule has 2 N–H and O–H groups in total. The summed E-state index contributed by atoms with van der Waals surface area (Å²) in [5.41, 5.74) is 5.11. The molecule has 2 bridgehead atoms. The molecule has 2 aromatic rings. The van der Waals surface area contributed by atoms with Crippen molar-refractivity contribution < 1.29 is 0 Å². The monoisotopic (exact) mass is 294 g/mol. The van der Waals surface area contributed by atoms with Crippen molar-refractivity contribution in [1.82, 2.24) is 10.3 Å². The second-order valence-electron chi connectivity index (χ2n) is 8.70. The molecule has 0 amide bonds. The molecular formula is C20H26N2. The van der Waals surface area contributed by atoms with E-state index in [2.05, 4.69) is 55.3 Å². The topological polar surface area (TPSA) is 27.8 Å². The third kappa shape index (κ3) is 1.49. The van der Waals surface area contributed by atoms with Crippen LogP contribution in [0, 0.1) is 11.8 Å². The van der Waals surface area contributed by atoms with Crippen LogP contribution in [0.15, 0.2) is 24.3 Å². The highest BCUT2D eigenvalue weighted by Gasteiger charge is 2.55. The molecule has 5 rings (SSSR count). The zero-order valence-electron chi connectivity index (χ0n) is 13.9. The molecule has 2 fully saturated rings. The molecule has 3 aliphatic rings. The minimum atomic E-state index is 0.298. The fourth-order valence-corrected chi connectivity index (χ4v) is 6.03. The van der Waals surface area contributed by atoms with Crippen LogP contribution in [0.5, 0.6) is 0 Å². The van der Waals surface area contributed by atoms with Crippen molar-refractivity contribution in [3.05, 3.63) is 35.5 Å². The third-order valence-electron chi connectivity index (χ3n) is 7.21. The molecule has 1 aromatic heterocycles. The van der Waals surface area contributed by atoms with Gasteiger partial charge in [-0.25, -0.2) is 0 Å². The lowest BCUT2D eigenvalue weighted by Gasteiger charge is -2.60. The number of hydrogen-bond donors (Lipinski definition) is 2. The molecule has 2 heteroatoms. The van der Waals surface area contributed by atoms with E-state index < -0.39 is 0 Å². The van der Waals surface area contributed by atoms with Gasteiger partial charge in [0.2, 0.25) is 0 Å². The Morgan fingerprint density at radius 1 is 1.14 bits per heavy atom. The minimum absolute atomic E-state index is 0.298. The van der Waals surface area contributed by atoms with Crippen molar-refractivity contribution in [2.45, 2.75) is 63.5 Å². The summed E-state index contributed by atoms with van der Waals surface area (Å²) in [4.78, 5) is 3.74. The number of fused-ring (bicyclic) bond motifs is 5. The Labute approximate surface area is 132 Å². The molecule has 1 saturated heterocycles. The van der Waals surface area contributed by atoms with Gasteiger partial charge >= 0.3 is 0 Å². The van der Waals surface area contributed by atoms with Gasteiger partial charge in [0.1, 0.15) is 0 Å². The number of benzene rings is 1. The van der Waals surface area contributed by atoms with Gasteiger partial charge in [0, 0.05) is 34.6 Å². The molecule has 0 radical (unpaired) electrons. The van der Waals surface area contributed by atoms with E-state index in [1.165, 1.54) is 42.3 Å². The van der Waals surface area contributed by atoms with Crippen LogP contribution in [0.2, 0.25) is 0 Å². The van der Waals surface area contributed by atoms with E-state index in [-0.39, 0.29) is 0 Å². The fourth-order valence-electron chi connectivity index (χ4n) is 6.03. The van der Waals surface area contributed by atoms with E-state index in [1.807, 2.05) is 0 Å². The lowest BCUT2D eigenvalue weighted by Crippen LogP contribution is -2.66. The van der Waals surface area contributed by atoms with Crippen molar-refractivity contribution in [1.29, 1.82) is 0 Å². The second kappa shape index (κ2) is 3.97. The van der Waals surface area contributed by atoms with Gasteiger partial charge in [-0.3, -0.25) is 0 Å². The Morgan fingerprint density at radius 2 is 1.95 bits per heavy atom. The van der Waals surface area contributed by atoms with Gasteiger partial charge in [0.05, 0.1) is 0 Å². The molecule has 2 heterocycles. The number of aromatic amines is 1. The summed E-state index contributed by atoms with van der Waals surface area (Å²) >= 11 is 0. The van der Waals surface area contributed by atoms with Gasteiger partial charge in [-0.15, -0.1) is 0 Å². The number of aromatic nitrogens is 1. The molecule has 116 valence electrons. The van der Waals surface area contributed by atoms with Crippen molar-refractivity contribution >= 4 is 10.9 Å². The van der Waals surface area contributed by atoms with E-state index in [1.54, 1.807) is 5.56 Å². The van der Waals surface area contributed by atoms with Crippen molar-refractivity contribution in [3.63, 3.8) is 0 Å². The fraction of sp³-hybridized carbons (Fsp3) is 0.600. The number of nitrogens with one attached hydrogen (secondary N) is 2. The number of H-pyrrole nitrogens is 1. The molecule has 2 nitrogen and oxygen atoms in total. The maximum Gasteiger partial charge on any atom is 0.0459 e. The minimum Gasteiger partial charge on any atom is -0.358 e. The van der Waals surface area contributed by atoms with Gasteiger partial charge in [0.25, 0.3) is 0 Å². The van der Waals surface area contributed by atoms with Crippen LogP contribution in [-0.4, -0.2) is 16.6 Å². The highest BCUT2D eigenvalue weighted by molar-refractivity contribution is 5.86. The molecule has 0 spiro atoms. The maximum atomic E-state index is 4.02. The largest absolute Gasteiger partial charge is 0.358 e. The smallest absolute Gasteiger partial charge is 0.0459 e. The molecule has 1 saturated carbocycles. The summed E-state index contributed by atoms with van der Waals surface area (Å²) in [6, 6.07) is 9.54. The zero-order chi connectivity index (χ0) is 15.1. The molecule has 22 heavy (non-hydrogen) atoms. The number of hydrogen-bond acceptors (Lipinski definition) is 1. The SMILES string of the molecule is CC1(C)N[C@@H]2Cc3[nH]c4ccccc4c3[C@]3(C)CC[C@H]1C[C@H]23. The Bertz CT molecular complexity index is 756. The molecule has 0 unspecified atom stereocenters. The molecule has 1 aliphatic heterocycles. The van der Waals surface area contributed by atoms with Crippen LogP contribution in [-0.2, 0) is 11.8 Å². The van der Waals surface area contributed by atoms with Crippen LogP contribution in [0.1, 0.15) is 51.3 Å². The number of piperidine rings is 1. The van der Waals surface area contributed by atoms with E-state index in [9.17, 15) is 0 Å². The molecule has 2 aliphatic carbocycles. The van der Waals surface area contributed by atoms with E-state index >= 15 is 0 Å². The highest BCUT2D eigenvalue weighted by atomic mass is 15.0. The van der Waals surface area contributed by atoms with E-state index in [0.717, 1.165) is 11.8 Å². The van der Waals surface area contributed by atoms with Gasteiger partial charge < -0.3 is 10.3 Å². The lowest BCUT2D eigenvalue weighted by molar-refractivity contribution is 0.000712. The summed E-state index contributed by atoms with van der Waals surface area (Å²) in [6.45, 7) is 7.37. The van der Waals surface area contributed by atoms with Crippen LogP contribution >= 0.6 is 0 Å². The van der Waals surface area contributed by atoms with E-state index in [4.69, 9.17) is 0 Å². The quantitative estimate of drug-likeness (QED) is 0.750. The maximum absolute atomic E-state index is 4.02. The Kier molecular flexibility index (Phi) is 2.38. The summed E-state index contributed by atoms with van der Waals surface area (Å²) in [7, 11) is 0. The van der Waals surface area contributed by atoms with Gasteiger partial charge in [-0.1, -0.05) is 25.1 Å². The zero-order valence-corrected chi connectivity index (χ0v) is 13.9. The molecule has 1 aromatic carbocycles. The summed E-state index contributed by atoms with van der Waals surface area (Å²) in [5, 5.41) is 5.49. The lowest BCUT2D eigenvalue weighted by atomic mass is 9.51. The predicted octanol–water partition coefficient (Wildman–Crippen LogP) is 4.15. The Morgan fingerprint density at radius 3 is 2.82 bits per heavy atom. The second-order valence-corrected chi connectivity index (χ2v) is 8.70. The third-order valence-corrected chi connectivity index (χ3v) is 7.21. The van der Waals surface area contributed by atoms with E-state index in [0.29, 0.717) is 17.0 Å². The Balaban J connectivity index is 1.74. The summed E-state index contributed by atoms with van der Waals surface area (Å²) < 4.78 is 0. The summed E-state index contributed by atoms with van der Waals surface area (Å²) in [5.74, 6) is 1.64. The first-order valence-corrected chi connectivity index (χ1v) is 8.87. The average Bonchev–Trinajstić information content (AvgIpc) is 2.84. The first-order chi connectivity index (χ1) is 10.5.